The number of pyridine rings is 1. The minimum absolute atomic E-state index is 0.0978. The van der Waals surface area contributed by atoms with Crippen LogP contribution in [0.1, 0.15) is 11.3 Å². The number of carbonyl (C=O) groups excluding carboxylic acids is 1. The maximum atomic E-state index is 12.0. The lowest BCUT2D eigenvalue weighted by Gasteiger charge is -2.01. The highest BCUT2D eigenvalue weighted by molar-refractivity contribution is 6.32. The number of halogens is 2. The standard InChI is InChI=1S/C16H8Cl2N2O4/c17-9-1-2-19-11(6-9)15-20-12(16(21)24-15)4-8-3-10(18)14-13(5-8)22-7-23-14/h1-6H,7H2/b12-4-. The molecule has 2 aliphatic rings. The van der Waals surface area contributed by atoms with Gasteiger partial charge < -0.3 is 14.2 Å². The molecule has 0 saturated heterocycles. The summed E-state index contributed by atoms with van der Waals surface area (Å²) >= 11 is 12.0. The van der Waals surface area contributed by atoms with Crippen LogP contribution >= 0.6 is 23.2 Å². The molecule has 3 heterocycles. The van der Waals surface area contributed by atoms with Gasteiger partial charge in [-0.1, -0.05) is 23.2 Å². The number of aliphatic imine (C=N–C) groups is 1. The number of hydrogen-bond donors (Lipinski definition) is 0. The second kappa shape index (κ2) is 5.81. The van der Waals surface area contributed by atoms with Crippen molar-refractivity contribution < 1.29 is 19.0 Å². The van der Waals surface area contributed by atoms with Crippen LogP contribution in [-0.4, -0.2) is 23.6 Å². The Morgan fingerprint density at radius 1 is 1.17 bits per heavy atom. The first kappa shape index (κ1) is 15.0. The fraction of sp³-hybridized carbons (Fsp3) is 0.0625. The summed E-state index contributed by atoms with van der Waals surface area (Å²) in [5.41, 5.74) is 1.14. The van der Waals surface area contributed by atoms with Gasteiger partial charge in [0.1, 0.15) is 5.69 Å². The molecule has 0 aliphatic carbocycles. The molecule has 2 aliphatic heterocycles. The molecule has 0 N–H and O–H groups in total. The van der Waals surface area contributed by atoms with Gasteiger partial charge in [-0.3, -0.25) is 4.98 Å². The van der Waals surface area contributed by atoms with Crippen molar-refractivity contribution in [3.8, 4) is 11.5 Å². The van der Waals surface area contributed by atoms with Crippen LogP contribution in [0.3, 0.4) is 0 Å². The van der Waals surface area contributed by atoms with Crippen LogP contribution < -0.4 is 9.47 Å². The van der Waals surface area contributed by atoms with Crippen molar-refractivity contribution in [2.24, 2.45) is 4.99 Å². The van der Waals surface area contributed by atoms with E-state index in [4.69, 9.17) is 37.4 Å². The van der Waals surface area contributed by atoms with Crippen molar-refractivity contribution in [3.05, 3.63) is 57.5 Å². The van der Waals surface area contributed by atoms with Gasteiger partial charge in [0.15, 0.2) is 17.2 Å². The Morgan fingerprint density at radius 2 is 2.04 bits per heavy atom. The number of ether oxygens (including phenoxy) is 3. The molecule has 0 amide bonds. The third kappa shape index (κ3) is 2.70. The van der Waals surface area contributed by atoms with E-state index < -0.39 is 5.97 Å². The number of fused-ring (bicyclic) bond motifs is 1. The molecule has 0 unspecified atom stereocenters. The second-order valence-electron chi connectivity index (χ2n) is 4.93. The maximum absolute atomic E-state index is 12.0. The Labute approximate surface area is 146 Å². The fourth-order valence-corrected chi connectivity index (χ4v) is 2.70. The average Bonchev–Trinajstić information content (AvgIpc) is 3.15. The van der Waals surface area contributed by atoms with E-state index in [0.717, 1.165) is 0 Å². The molecule has 8 heteroatoms. The zero-order valence-corrected chi connectivity index (χ0v) is 13.5. The molecule has 120 valence electrons. The third-order valence-electron chi connectivity index (χ3n) is 3.31. The van der Waals surface area contributed by atoms with E-state index in [1.165, 1.54) is 6.20 Å². The minimum atomic E-state index is -0.583. The highest BCUT2D eigenvalue weighted by atomic mass is 35.5. The molecule has 0 atom stereocenters. The highest BCUT2D eigenvalue weighted by Crippen LogP contribution is 2.40. The summed E-state index contributed by atoms with van der Waals surface area (Å²) in [5, 5.41) is 0.864. The molecule has 6 nitrogen and oxygen atoms in total. The fourth-order valence-electron chi connectivity index (χ4n) is 2.27. The van der Waals surface area contributed by atoms with Crippen molar-refractivity contribution >= 4 is 41.1 Å². The van der Waals surface area contributed by atoms with Gasteiger partial charge in [0.05, 0.1) is 5.02 Å². The molecule has 0 spiro atoms. The van der Waals surface area contributed by atoms with E-state index in [9.17, 15) is 4.79 Å². The first-order valence-electron chi connectivity index (χ1n) is 6.84. The molecule has 1 aromatic carbocycles. The summed E-state index contributed by atoms with van der Waals surface area (Å²) < 4.78 is 15.7. The number of nitrogens with zero attached hydrogens (tertiary/aromatic N) is 2. The van der Waals surface area contributed by atoms with Crippen molar-refractivity contribution in [2.45, 2.75) is 0 Å². The molecule has 0 radical (unpaired) electrons. The lowest BCUT2D eigenvalue weighted by atomic mass is 10.1. The van der Waals surface area contributed by atoms with E-state index in [-0.39, 0.29) is 18.4 Å². The highest BCUT2D eigenvalue weighted by Gasteiger charge is 2.26. The SMILES string of the molecule is O=C1OC(c2cc(Cl)ccn2)=N/C1=C\c1cc(Cl)c2c(c1)OCO2. The number of hydrogen-bond acceptors (Lipinski definition) is 6. The summed E-state index contributed by atoms with van der Waals surface area (Å²) in [4.78, 5) is 20.3. The van der Waals surface area contributed by atoms with Crippen molar-refractivity contribution in [1.82, 2.24) is 4.98 Å². The zero-order chi connectivity index (χ0) is 16.7. The van der Waals surface area contributed by atoms with Gasteiger partial charge in [-0.15, -0.1) is 0 Å². The molecule has 1 aromatic heterocycles. The van der Waals surface area contributed by atoms with Gasteiger partial charge in [0.25, 0.3) is 0 Å². The topological polar surface area (TPSA) is 70.0 Å². The first-order valence-corrected chi connectivity index (χ1v) is 7.59. The Morgan fingerprint density at radius 3 is 2.88 bits per heavy atom. The normalized spacial score (nSPS) is 17.2. The summed E-state index contributed by atoms with van der Waals surface area (Å²) in [5.74, 6) is 0.516. The predicted molar refractivity (Wildman–Crippen MR) is 87.4 cm³/mol. The lowest BCUT2D eigenvalue weighted by Crippen LogP contribution is -2.06. The summed E-state index contributed by atoms with van der Waals surface area (Å²) in [7, 11) is 0. The van der Waals surface area contributed by atoms with Crippen LogP contribution in [0, 0.1) is 0 Å². The van der Waals surface area contributed by atoms with E-state index >= 15 is 0 Å². The van der Waals surface area contributed by atoms with Gasteiger partial charge in [-0.25, -0.2) is 9.79 Å². The average molecular weight is 363 g/mol. The molecule has 4 rings (SSSR count). The summed E-state index contributed by atoms with van der Waals surface area (Å²) in [6.07, 6.45) is 3.06. The predicted octanol–water partition coefficient (Wildman–Crippen LogP) is 3.46. The van der Waals surface area contributed by atoms with Crippen molar-refractivity contribution in [2.75, 3.05) is 6.79 Å². The Kier molecular flexibility index (Phi) is 3.63. The van der Waals surface area contributed by atoms with E-state index in [0.29, 0.717) is 32.8 Å². The van der Waals surface area contributed by atoms with Gasteiger partial charge >= 0.3 is 5.97 Å². The molecule has 0 bridgehead atoms. The van der Waals surface area contributed by atoms with Gasteiger partial charge in [-0.2, -0.15) is 0 Å². The van der Waals surface area contributed by atoms with E-state index in [1.54, 1.807) is 30.3 Å². The van der Waals surface area contributed by atoms with Gasteiger partial charge in [-0.05, 0) is 35.9 Å². The summed E-state index contributed by atoms with van der Waals surface area (Å²) in [6.45, 7) is 0.111. The Bertz CT molecular complexity index is 924. The van der Waals surface area contributed by atoms with Crippen LogP contribution in [0.2, 0.25) is 10.0 Å². The van der Waals surface area contributed by atoms with Crippen LogP contribution in [-0.2, 0) is 9.53 Å². The lowest BCUT2D eigenvalue weighted by molar-refractivity contribution is -0.129. The maximum Gasteiger partial charge on any atom is 0.363 e. The van der Waals surface area contributed by atoms with Crippen LogP contribution in [0.25, 0.3) is 6.08 Å². The van der Waals surface area contributed by atoms with Gasteiger partial charge in [0, 0.05) is 11.2 Å². The van der Waals surface area contributed by atoms with Crippen LogP contribution in [0.15, 0.2) is 41.2 Å². The number of benzene rings is 1. The zero-order valence-electron chi connectivity index (χ0n) is 12.0. The summed E-state index contributed by atoms with van der Waals surface area (Å²) in [6, 6.07) is 6.54. The molecule has 0 saturated carbocycles. The quantitative estimate of drug-likeness (QED) is 0.604. The largest absolute Gasteiger partial charge is 0.454 e. The second-order valence-corrected chi connectivity index (χ2v) is 5.78. The number of carbonyl (C=O) groups is 1. The van der Waals surface area contributed by atoms with E-state index in [1.807, 2.05) is 0 Å². The number of esters is 1. The third-order valence-corrected chi connectivity index (χ3v) is 3.83. The molecular weight excluding hydrogens is 355 g/mol. The van der Waals surface area contributed by atoms with Crippen molar-refractivity contribution in [1.29, 1.82) is 0 Å². The van der Waals surface area contributed by atoms with Crippen LogP contribution in [0.5, 0.6) is 11.5 Å². The molecule has 0 fully saturated rings. The first-order chi connectivity index (χ1) is 11.6. The number of cyclic esters (lactones) is 1. The smallest absolute Gasteiger partial charge is 0.363 e. The Balaban J connectivity index is 1.70. The van der Waals surface area contributed by atoms with Gasteiger partial charge in [0.2, 0.25) is 12.7 Å². The number of aromatic nitrogens is 1. The number of rotatable bonds is 2. The molecule has 24 heavy (non-hydrogen) atoms. The molecule has 2 aromatic rings. The Hall–Kier alpha value is -2.57. The van der Waals surface area contributed by atoms with Crippen molar-refractivity contribution in [3.63, 3.8) is 0 Å². The minimum Gasteiger partial charge on any atom is -0.454 e. The monoisotopic (exact) mass is 362 g/mol. The van der Waals surface area contributed by atoms with E-state index in [2.05, 4.69) is 9.98 Å². The molecular formula is C16H8Cl2N2O4. The van der Waals surface area contributed by atoms with Crippen LogP contribution in [0.4, 0.5) is 0 Å².